The zero-order valence-electron chi connectivity index (χ0n) is 18.9. The molecule has 0 aromatic heterocycles. The van der Waals surface area contributed by atoms with Crippen LogP contribution < -0.4 is 10.6 Å². The number of hydrogen-bond acceptors (Lipinski definition) is 4. The minimum Gasteiger partial charge on any atom is -0.481 e. The molecular formula is C25H25F3N2O5. The van der Waals surface area contributed by atoms with Crippen LogP contribution >= 0.6 is 0 Å². The fourth-order valence-electron chi connectivity index (χ4n) is 4.96. The molecule has 186 valence electrons. The number of ether oxygens (including phenoxy) is 1. The van der Waals surface area contributed by atoms with E-state index in [0.717, 1.165) is 22.3 Å². The highest BCUT2D eigenvalue weighted by Crippen LogP contribution is 2.44. The third-order valence-corrected chi connectivity index (χ3v) is 6.96. The number of alkyl carbamates (subject to hydrolysis) is 1. The van der Waals surface area contributed by atoms with Crippen molar-refractivity contribution < 1.29 is 37.4 Å². The fourth-order valence-corrected chi connectivity index (χ4v) is 4.96. The lowest BCUT2D eigenvalue weighted by Crippen LogP contribution is -2.58. The first-order chi connectivity index (χ1) is 16.5. The van der Waals surface area contributed by atoms with E-state index in [4.69, 9.17) is 4.74 Å². The van der Waals surface area contributed by atoms with Gasteiger partial charge >= 0.3 is 18.2 Å². The van der Waals surface area contributed by atoms with Crippen LogP contribution in [0.5, 0.6) is 0 Å². The normalized spacial score (nSPS) is 22.1. The van der Waals surface area contributed by atoms with Gasteiger partial charge in [0.2, 0.25) is 6.04 Å². The van der Waals surface area contributed by atoms with E-state index in [-0.39, 0.29) is 25.4 Å². The molecule has 0 heterocycles. The summed E-state index contributed by atoms with van der Waals surface area (Å²) in [5.41, 5.74) is 2.32. The van der Waals surface area contributed by atoms with Crippen molar-refractivity contribution in [1.29, 1.82) is 0 Å². The van der Waals surface area contributed by atoms with Crippen molar-refractivity contribution in [2.45, 2.75) is 50.4 Å². The number of fused-ring (bicyclic) bond motifs is 3. The number of alkyl halides is 3. The van der Waals surface area contributed by atoms with Gasteiger partial charge in [0.25, 0.3) is 5.91 Å². The third kappa shape index (κ3) is 4.69. The molecule has 10 heteroatoms. The van der Waals surface area contributed by atoms with Crippen molar-refractivity contribution in [3.05, 3.63) is 59.7 Å². The zero-order chi connectivity index (χ0) is 25.4. The van der Waals surface area contributed by atoms with Crippen molar-refractivity contribution in [1.82, 2.24) is 10.6 Å². The van der Waals surface area contributed by atoms with E-state index in [2.05, 4.69) is 5.32 Å². The molecule has 2 aliphatic carbocycles. The Balaban J connectivity index is 1.44. The van der Waals surface area contributed by atoms with Crippen LogP contribution in [0, 0.1) is 5.41 Å². The average Bonchev–Trinajstić information content (AvgIpc) is 3.34. The first-order valence-electron chi connectivity index (χ1n) is 11.2. The monoisotopic (exact) mass is 490 g/mol. The second-order valence-electron chi connectivity index (χ2n) is 9.12. The molecule has 2 aliphatic rings. The smallest absolute Gasteiger partial charge is 0.417 e. The lowest BCUT2D eigenvalue weighted by molar-refractivity contribution is -0.168. The van der Waals surface area contributed by atoms with Gasteiger partial charge in [0.1, 0.15) is 6.61 Å². The summed E-state index contributed by atoms with van der Waals surface area (Å²) < 4.78 is 46.1. The molecule has 7 nitrogen and oxygen atoms in total. The van der Waals surface area contributed by atoms with E-state index in [9.17, 15) is 32.7 Å². The van der Waals surface area contributed by atoms with E-state index >= 15 is 0 Å². The van der Waals surface area contributed by atoms with Gasteiger partial charge in [-0.2, -0.15) is 13.2 Å². The number of benzene rings is 2. The predicted octanol–water partition coefficient (Wildman–Crippen LogP) is 4.22. The molecule has 0 spiro atoms. The van der Waals surface area contributed by atoms with E-state index in [1.54, 1.807) is 5.32 Å². The molecule has 2 aromatic rings. The fraction of sp³-hybridized carbons (Fsp3) is 0.400. The van der Waals surface area contributed by atoms with Crippen molar-refractivity contribution in [2.24, 2.45) is 5.41 Å². The van der Waals surface area contributed by atoms with E-state index in [1.165, 1.54) is 6.92 Å². The molecule has 0 saturated heterocycles. The maximum atomic E-state index is 13.6. The number of rotatable bonds is 6. The number of nitrogens with one attached hydrogen (secondary N) is 2. The highest BCUT2D eigenvalue weighted by atomic mass is 19.4. The number of aliphatic carboxylic acids is 1. The molecule has 1 saturated carbocycles. The van der Waals surface area contributed by atoms with E-state index < -0.39 is 41.6 Å². The number of amides is 2. The van der Waals surface area contributed by atoms with Crippen LogP contribution in [0.4, 0.5) is 18.0 Å². The number of carboxylic acids is 1. The number of carbonyl (C=O) groups excluding carboxylic acids is 2. The minimum atomic E-state index is -5.10. The Hall–Kier alpha value is -3.56. The summed E-state index contributed by atoms with van der Waals surface area (Å²) in [5.74, 6) is -3.08. The molecule has 35 heavy (non-hydrogen) atoms. The molecule has 2 aromatic carbocycles. The Morgan fingerprint density at radius 3 is 2.20 bits per heavy atom. The van der Waals surface area contributed by atoms with Crippen molar-refractivity contribution >= 4 is 18.0 Å². The summed E-state index contributed by atoms with van der Waals surface area (Å²) in [6, 6.07) is 11.1. The second-order valence-corrected chi connectivity index (χ2v) is 9.12. The summed E-state index contributed by atoms with van der Waals surface area (Å²) >= 11 is 0. The van der Waals surface area contributed by atoms with Crippen LogP contribution in [0.3, 0.4) is 0 Å². The molecule has 3 N–H and O–H groups in total. The van der Waals surface area contributed by atoms with Crippen molar-refractivity contribution in [3.63, 3.8) is 0 Å². The topological polar surface area (TPSA) is 105 Å². The number of hydrogen-bond donors (Lipinski definition) is 3. The third-order valence-electron chi connectivity index (χ3n) is 6.96. The molecule has 3 unspecified atom stereocenters. The zero-order valence-corrected chi connectivity index (χ0v) is 18.9. The highest BCUT2D eigenvalue weighted by Gasteiger charge is 2.51. The minimum absolute atomic E-state index is 0.217. The summed E-state index contributed by atoms with van der Waals surface area (Å²) in [6.07, 6.45) is -5.59. The first-order valence-corrected chi connectivity index (χ1v) is 11.2. The number of carboxylic acid groups (broad SMARTS) is 1. The predicted molar refractivity (Wildman–Crippen MR) is 120 cm³/mol. The van der Waals surface area contributed by atoms with Gasteiger partial charge in [0.05, 0.1) is 5.41 Å². The molecule has 0 bridgehead atoms. The van der Waals surface area contributed by atoms with E-state index in [1.807, 2.05) is 48.5 Å². The van der Waals surface area contributed by atoms with Crippen LogP contribution in [0.1, 0.15) is 43.2 Å². The Morgan fingerprint density at radius 1 is 1.09 bits per heavy atom. The molecule has 0 radical (unpaired) electrons. The molecular weight excluding hydrogens is 465 g/mol. The maximum Gasteiger partial charge on any atom is 0.417 e. The largest absolute Gasteiger partial charge is 0.481 e. The average molecular weight is 490 g/mol. The van der Waals surface area contributed by atoms with Gasteiger partial charge in [0, 0.05) is 12.0 Å². The maximum absolute atomic E-state index is 13.6. The lowest BCUT2D eigenvalue weighted by Gasteiger charge is -2.30. The van der Waals surface area contributed by atoms with Crippen LogP contribution in [0.2, 0.25) is 0 Å². The SMILES string of the molecule is CC1(C(=O)O)CCCC1NC(=O)C(NC(=O)OCC1c2ccccc2-c2ccccc21)C(F)(F)F. The second kappa shape index (κ2) is 9.24. The standard InChI is InChI=1S/C25H25F3N2O5/c1-24(22(32)33)12-6-11-19(24)29-21(31)20(25(26,27)28)30-23(34)35-13-18-16-9-4-2-7-14(16)15-8-3-5-10-17(15)18/h2-5,7-10,18-20H,6,11-13H2,1H3,(H,29,31)(H,30,34)(H,32,33). The highest BCUT2D eigenvalue weighted by molar-refractivity contribution is 5.88. The lowest BCUT2D eigenvalue weighted by atomic mass is 9.85. The molecule has 3 atom stereocenters. The van der Waals surface area contributed by atoms with Gasteiger partial charge in [-0.05, 0) is 42.0 Å². The van der Waals surface area contributed by atoms with Gasteiger partial charge < -0.3 is 20.5 Å². The van der Waals surface area contributed by atoms with E-state index in [0.29, 0.717) is 6.42 Å². The summed E-state index contributed by atoms with van der Waals surface area (Å²) in [6.45, 7) is 1.17. The summed E-state index contributed by atoms with van der Waals surface area (Å²) in [7, 11) is 0. The molecule has 0 aliphatic heterocycles. The van der Waals surface area contributed by atoms with Crippen LogP contribution in [-0.4, -0.2) is 47.9 Å². The molecule has 2 amide bonds. The van der Waals surface area contributed by atoms with Gasteiger partial charge in [-0.3, -0.25) is 9.59 Å². The summed E-state index contributed by atoms with van der Waals surface area (Å²) in [4.78, 5) is 36.4. The Morgan fingerprint density at radius 2 is 1.66 bits per heavy atom. The van der Waals surface area contributed by atoms with Gasteiger partial charge in [-0.15, -0.1) is 0 Å². The van der Waals surface area contributed by atoms with Crippen LogP contribution in [-0.2, 0) is 14.3 Å². The number of carbonyl (C=O) groups is 3. The quantitative estimate of drug-likeness (QED) is 0.563. The Kier molecular flexibility index (Phi) is 6.48. The van der Waals surface area contributed by atoms with Crippen LogP contribution in [0.15, 0.2) is 48.5 Å². The first kappa shape index (κ1) is 24.6. The Labute approximate surface area is 199 Å². The van der Waals surface area contributed by atoms with Gasteiger partial charge in [0.15, 0.2) is 0 Å². The van der Waals surface area contributed by atoms with Gasteiger partial charge in [-0.1, -0.05) is 55.0 Å². The van der Waals surface area contributed by atoms with Crippen molar-refractivity contribution in [3.8, 4) is 11.1 Å². The molecule has 1 fully saturated rings. The summed E-state index contributed by atoms with van der Waals surface area (Å²) in [5, 5.41) is 13.2. The van der Waals surface area contributed by atoms with Crippen molar-refractivity contribution in [2.75, 3.05) is 6.61 Å². The molecule has 4 rings (SSSR count). The van der Waals surface area contributed by atoms with Gasteiger partial charge in [-0.25, -0.2) is 4.79 Å². The Bertz CT molecular complexity index is 1110. The van der Waals surface area contributed by atoms with Crippen LogP contribution in [0.25, 0.3) is 11.1 Å². The number of halogens is 3.